The quantitative estimate of drug-likeness (QED) is 0.806. The van der Waals surface area contributed by atoms with Crippen molar-refractivity contribution < 1.29 is 9.50 Å². The molecular formula is C15H24FNO. The van der Waals surface area contributed by atoms with E-state index < -0.39 is 6.10 Å². The van der Waals surface area contributed by atoms with Crippen molar-refractivity contribution in [2.24, 2.45) is 0 Å². The molecular weight excluding hydrogens is 229 g/mol. The second-order valence-electron chi connectivity index (χ2n) is 4.97. The zero-order valence-corrected chi connectivity index (χ0v) is 11.6. The Bertz CT molecular complexity index is 368. The highest BCUT2D eigenvalue weighted by Gasteiger charge is 2.10. The molecule has 1 atom stereocenters. The lowest BCUT2D eigenvalue weighted by molar-refractivity contribution is 0.148. The van der Waals surface area contributed by atoms with Crippen molar-refractivity contribution in [3.8, 4) is 0 Å². The molecule has 0 aliphatic heterocycles. The summed E-state index contributed by atoms with van der Waals surface area (Å²) in [6.45, 7) is 5.81. The van der Waals surface area contributed by atoms with Crippen molar-refractivity contribution in [3.05, 3.63) is 35.1 Å². The molecule has 0 radical (unpaired) electrons. The Kier molecular flexibility index (Phi) is 6.30. The van der Waals surface area contributed by atoms with E-state index in [0.717, 1.165) is 18.7 Å². The highest BCUT2D eigenvalue weighted by atomic mass is 19.1. The number of hydrogen-bond donors (Lipinski definition) is 1. The Morgan fingerprint density at radius 1 is 1.33 bits per heavy atom. The van der Waals surface area contributed by atoms with E-state index in [4.69, 9.17) is 0 Å². The van der Waals surface area contributed by atoms with Gasteiger partial charge in [0.25, 0.3) is 0 Å². The fourth-order valence-electron chi connectivity index (χ4n) is 1.92. The number of aryl methyl sites for hydroxylation is 1. The average molecular weight is 253 g/mol. The number of benzene rings is 1. The van der Waals surface area contributed by atoms with Gasteiger partial charge in [-0.1, -0.05) is 25.5 Å². The first-order chi connectivity index (χ1) is 8.54. The minimum atomic E-state index is -0.506. The second kappa shape index (κ2) is 7.49. The molecule has 0 saturated heterocycles. The van der Waals surface area contributed by atoms with Crippen LogP contribution in [0.4, 0.5) is 4.39 Å². The molecule has 0 heterocycles. The minimum absolute atomic E-state index is 0.217. The predicted octanol–water partition coefficient (Wildman–Crippen LogP) is 3.29. The van der Waals surface area contributed by atoms with E-state index in [0.29, 0.717) is 12.0 Å². The van der Waals surface area contributed by atoms with Crippen LogP contribution in [0.2, 0.25) is 0 Å². The Morgan fingerprint density at radius 3 is 2.67 bits per heavy atom. The van der Waals surface area contributed by atoms with Crippen LogP contribution in [0.5, 0.6) is 0 Å². The fraction of sp³-hybridized carbons (Fsp3) is 0.600. The lowest BCUT2D eigenvalue weighted by Crippen LogP contribution is -2.22. The zero-order valence-electron chi connectivity index (χ0n) is 11.6. The van der Waals surface area contributed by atoms with Crippen LogP contribution in [0, 0.1) is 12.7 Å². The highest BCUT2D eigenvalue weighted by Crippen LogP contribution is 2.19. The molecule has 1 unspecified atom stereocenters. The van der Waals surface area contributed by atoms with Gasteiger partial charge in [-0.3, -0.25) is 0 Å². The standard InChI is InChI=1S/C15H24FNO/c1-4-5-9-17(3)10-8-15(18)13-6-7-14(16)12(2)11-13/h6-7,11,15,18H,4-5,8-10H2,1-3H3. The summed E-state index contributed by atoms with van der Waals surface area (Å²) < 4.78 is 13.1. The van der Waals surface area contributed by atoms with Gasteiger partial charge in [0.15, 0.2) is 0 Å². The zero-order chi connectivity index (χ0) is 13.5. The molecule has 2 nitrogen and oxygen atoms in total. The van der Waals surface area contributed by atoms with Crippen LogP contribution in [0.1, 0.15) is 43.4 Å². The number of rotatable bonds is 7. The van der Waals surface area contributed by atoms with E-state index in [9.17, 15) is 9.50 Å². The Hall–Kier alpha value is -0.930. The molecule has 0 aliphatic rings. The molecule has 18 heavy (non-hydrogen) atoms. The largest absolute Gasteiger partial charge is 0.388 e. The van der Waals surface area contributed by atoms with Gasteiger partial charge in [-0.2, -0.15) is 0 Å². The van der Waals surface area contributed by atoms with Gasteiger partial charge in [-0.15, -0.1) is 0 Å². The number of nitrogens with zero attached hydrogens (tertiary/aromatic N) is 1. The third-order valence-corrected chi connectivity index (χ3v) is 3.24. The van der Waals surface area contributed by atoms with Gasteiger partial charge in [0, 0.05) is 6.54 Å². The molecule has 1 aromatic rings. The topological polar surface area (TPSA) is 23.5 Å². The lowest BCUT2D eigenvalue weighted by atomic mass is 10.0. The van der Waals surface area contributed by atoms with Crippen LogP contribution in [0.15, 0.2) is 18.2 Å². The third kappa shape index (κ3) is 4.75. The first-order valence-corrected chi connectivity index (χ1v) is 6.67. The molecule has 1 N–H and O–H groups in total. The number of hydrogen-bond acceptors (Lipinski definition) is 2. The smallest absolute Gasteiger partial charge is 0.126 e. The van der Waals surface area contributed by atoms with Gasteiger partial charge >= 0.3 is 0 Å². The molecule has 0 aromatic heterocycles. The molecule has 102 valence electrons. The van der Waals surface area contributed by atoms with E-state index >= 15 is 0 Å². The van der Waals surface area contributed by atoms with Crippen molar-refractivity contribution in [1.29, 1.82) is 0 Å². The van der Waals surface area contributed by atoms with Crippen molar-refractivity contribution >= 4 is 0 Å². The molecule has 0 fully saturated rings. The monoisotopic (exact) mass is 253 g/mol. The van der Waals surface area contributed by atoms with Crippen LogP contribution in [-0.4, -0.2) is 30.1 Å². The van der Waals surface area contributed by atoms with Crippen LogP contribution in [-0.2, 0) is 0 Å². The van der Waals surface area contributed by atoms with Crippen molar-refractivity contribution in [2.45, 2.75) is 39.2 Å². The SMILES string of the molecule is CCCCN(C)CCC(O)c1ccc(F)c(C)c1. The molecule has 0 saturated carbocycles. The first-order valence-electron chi connectivity index (χ1n) is 6.67. The Labute approximate surface area is 109 Å². The van der Waals surface area contributed by atoms with Crippen molar-refractivity contribution in [3.63, 3.8) is 0 Å². The lowest BCUT2D eigenvalue weighted by Gasteiger charge is -2.19. The third-order valence-electron chi connectivity index (χ3n) is 3.24. The van der Waals surface area contributed by atoms with Crippen molar-refractivity contribution in [1.82, 2.24) is 4.90 Å². The maximum atomic E-state index is 13.1. The maximum Gasteiger partial charge on any atom is 0.126 e. The molecule has 0 amide bonds. The molecule has 1 rings (SSSR count). The van der Waals surface area contributed by atoms with Gasteiger partial charge in [-0.25, -0.2) is 4.39 Å². The number of aliphatic hydroxyl groups is 1. The fourth-order valence-corrected chi connectivity index (χ4v) is 1.92. The first kappa shape index (κ1) is 15.1. The predicted molar refractivity (Wildman–Crippen MR) is 73.1 cm³/mol. The van der Waals surface area contributed by atoms with Gasteiger partial charge in [0.05, 0.1) is 6.10 Å². The van der Waals surface area contributed by atoms with Crippen LogP contribution in [0.3, 0.4) is 0 Å². The van der Waals surface area contributed by atoms with E-state index in [1.807, 2.05) is 0 Å². The Morgan fingerprint density at radius 2 is 2.06 bits per heavy atom. The Balaban J connectivity index is 2.44. The molecule has 0 bridgehead atoms. The van der Waals surface area contributed by atoms with Crippen LogP contribution in [0.25, 0.3) is 0 Å². The van der Waals surface area contributed by atoms with E-state index in [-0.39, 0.29) is 5.82 Å². The second-order valence-corrected chi connectivity index (χ2v) is 4.97. The number of aliphatic hydroxyl groups excluding tert-OH is 1. The molecule has 1 aromatic carbocycles. The summed E-state index contributed by atoms with van der Waals surface area (Å²) in [6.07, 6.45) is 2.55. The summed E-state index contributed by atoms with van der Waals surface area (Å²) in [6, 6.07) is 4.82. The van der Waals surface area contributed by atoms with Crippen molar-refractivity contribution in [2.75, 3.05) is 20.1 Å². The van der Waals surface area contributed by atoms with E-state index in [2.05, 4.69) is 18.9 Å². The summed E-state index contributed by atoms with van der Waals surface area (Å²) in [7, 11) is 2.07. The summed E-state index contributed by atoms with van der Waals surface area (Å²) in [4.78, 5) is 2.23. The van der Waals surface area contributed by atoms with Crippen LogP contribution >= 0.6 is 0 Å². The maximum absolute atomic E-state index is 13.1. The highest BCUT2D eigenvalue weighted by molar-refractivity contribution is 5.25. The molecule has 0 aliphatic carbocycles. The van der Waals surface area contributed by atoms with E-state index in [1.165, 1.54) is 18.9 Å². The summed E-state index contributed by atoms with van der Waals surface area (Å²) in [5.74, 6) is -0.217. The summed E-state index contributed by atoms with van der Waals surface area (Å²) >= 11 is 0. The molecule has 0 spiro atoms. The normalized spacial score (nSPS) is 13.0. The van der Waals surface area contributed by atoms with Gasteiger partial charge in [0.2, 0.25) is 0 Å². The van der Waals surface area contributed by atoms with Gasteiger partial charge in [0.1, 0.15) is 5.82 Å². The number of unbranched alkanes of at least 4 members (excludes halogenated alkanes) is 1. The van der Waals surface area contributed by atoms with Gasteiger partial charge in [-0.05, 0) is 50.6 Å². The number of halogens is 1. The average Bonchev–Trinajstić information content (AvgIpc) is 2.36. The molecule has 3 heteroatoms. The van der Waals surface area contributed by atoms with Gasteiger partial charge < -0.3 is 10.0 Å². The van der Waals surface area contributed by atoms with E-state index in [1.54, 1.807) is 19.1 Å². The minimum Gasteiger partial charge on any atom is -0.388 e. The summed E-state index contributed by atoms with van der Waals surface area (Å²) in [5.41, 5.74) is 1.39. The summed E-state index contributed by atoms with van der Waals surface area (Å²) in [5, 5.41) is 10.1. The van der Waals surface area contributed by atoms with Crippen LogP contribution < -0.4 is 0 Å².